The van der Waals surface area contributed by atoms with Gasteiger partial charge in [-0.25, -0.2) is 4.98 Å². The second-order valence-electron chi connectivity index (χ2n) is 4.63. The third kappa shape index (κ3) is 3.89. The fraction of sp³-hybridized carbons (Fsp3) is 0.286. The maximum Gasteiger partial charge on any atom is 0.244 e. The summed E-state index contributed by atoms with van der Waals surface area (Å²) in [5, 5.41) is 3.33. The van der Waals surface area contributed by atoms with E-state index in [-0.39, 0.29) is 12.5 Å². The van der Waals surface area contributed by atoms with Gasteiger partial charge in [-0.05, 0) is 18.6 Å². The van der Waals surface area contributed by atoms with Gasteiger partial charge in [0.1, 0.15) is 12.4 Å². The standard InChI is InChI=1S/C14H16Cl2N4O/c1-2-3-12-18-4-5-20(12)8-13(21)19-14-10(15)6-9(17)7-11(14)16/h4-7H,2-3,8,17H2,1H3,(H,19,21). The van der Waals surface area contributed by atoms with E-state index >= 15 is 0 Å². The first-order chi connectivity index (χ1) is 10.0. The molecule has 0 atom stereocenters. The number of aryl methyl sites for hydroxylation is 1. The molecule has 0 bridgehead atoms. The maximum absolute atomic E-state index is 12.1. The normalized spacial score (nSPS) is 10.6. The molecule has 0 radical (unpaired) electrons. The Morgan fingerprint density at radius 3 is 2.67 bits per heavy atom. The van der Waals surface area contributed by atoms with Crippen molar-refractivity contribution in [2.45, 2.75) is 26.3 Å². The van der Waals surface area contributed by atoms with Gasteiger partial charge in [0, 0.05) is 24.5 Å². The van der Waals surface area contributed by atoms with Crippen LogP contribution >= 0.6 is 23.2 Å². The highest BCUT2D eigenvalue weighted by molar-refractivity contribution is 6.40. The number of aromatic nitrogens is 2. The Kier molecular flexibility index (Phi) is 5.09. The lowest BCUT2D eigenvalue weighted by molar-refractivity contribution is -0.116. The van der Waals surface area contributed by atoms with Crippen LogP contribution in [0, 0.1) is 0 Å². The summed E-state index contributed by atoms with van der Waals surface area (Å²) in [4.78, 5) is 16.3. The average molecular weight is 327 g/mol. The number of imidazole rings is 1. The molecule has 0 aliphatic carbocycles. The van der Waals surface area contributed by atoms with Crippen LogP contribution in [0.3, 0.4) is 0 Å². The zero-order chi connectivity index (χ0) is 15.4. The van der Waals surface area contributed by atoms with E-state index in [9.17, 15) is 4.79 Å². The van der Waals surface area contributed by atoms with E-state index in [0.717, 1.165) is 18.7 Å². The molecule has 3 N–H and O–H groups in total. The molecule has 2 rings (SSSR count). The Bertz CT molecular complexity index is 631. The SMILES string of the molecule is CCCc1nccn1CC(=O)Nc1c(Cl)cc(N)cc1Cl. The minimum Gasteiger partial charge on any atom is -0.399 e. The molecule has 0 unspecified atom stereocenters. The largest absolute Gasteiger partial charge is 0.399 e. The van der Waals surface area contributed by atoms with E-state index in [4.69, 9.17) is 28.9 Å². The number of hydrogen-bond donors (Lipinski definition) is 2. The van der Waals surface area contributed by atoms with Crippen LogP contribution in [0.2, 0.25) is 10.0 Å². The van der Waals surface area contributed by atoms with Crippen molar-refractivity contribution in [2.24, 2.45) is 0 Å². The van der Waals surface area contributed by atoms with Gasteiger partial charge >= 0.3 is 0 Å². The smallest absolute Gasteiger partial charge is 0.244 e. The molecule has 0 aliphatic heterocycles. The number of amides is 1. The van der Waals surface area contributed by atoms with Gasteiger partial charge in [0.25, 0.3) is 0 Å². The summed E-state index contributed by atoms with van der Waals surface area (Å²) >= 11 is 12.1. The van der Waals surface area contributed by atoms with E-state index < -0.39 is 0 Å². The highest BCUT2D eigenvalue weighted by atomic mass is 35.5. The van der Waals surface area contributed by atoms with Crippen LogP contribution < -0.4 is 11.1 Å². The Labute approximate surface area is 133 Å². The zero-order valence-electron chi connectivity index (χ0n) is 11.6. The first kappa shape index (κ1) is 15.7. The molecule has 21 heavy (non-hydrogen) atoms. The molecule has 0 spiro atoms. The Hall–Kier alpha value is -1.72. The highest BCUT2D eigenvalue weighted by Gasteiger charge is 2.12. The Balaban J connectivity index is 2.10. The summed E-state index contributed by atoms with van der Waals surface area (Å²) in [7, 11) is 0. The number of nitrogens with zero attached hydrogens (tertiary/aromatic N) is 2. The summed E-state index contributed by atoms with van der Waals surface area (Å²) in [5.74, 6) is 0.654. The van der Waals surface area contributed by atoms with Crippen LogP contribution in [-0.4, -0.2) is 15.5 Å². The summed E-state index contributed by atoms with van der Waals surface area (Å²) in [6.45, 7) is 2.22. The number of benzene rings is 1. The van der Waals surface area contributed by atoms with Crippen molar-refractivity contribution in [2.75, 3.05) is 11.1 Å². The predicted octanol–water partition coefficient (Wildman–Crippen LogP) is 3.36. The minimum absolute atomic E-state index is 0.159. The van der Waals surface area contributed by atoms with Crippen molar-refractivity contribution in [3.8, 4) is 0 Å². The lowest BCUT2D eigenvalue weighted by Crippen LogP contribution is -2.20. The van der Waals surface area contributed by atoms with Crippen LogP contribution in [0.25, 0.3) is 0 Å². The van der Waals surface area contributed by atoms with Crippen molar-refractivity contribution < 1.29 is 4.79 Å². The van der Waals surface area contributed by atoms with E-state index in [1.54, 1.807) is 29.1 Å². The molecule has 1 aromatic carbocycles. The Morgan fingerprint density at radius 2 is 2.05 bits per heavy atom. The van der Waals surface area contributed by atoms with Gasteiger partial charge in [-0.3, -0.25) is 4.79 Å². The number of nitrogen functional groups attached to an aromatic ring is 1. The molecule has 7 heteroatoms. The fourth-order valence-corrected chi connectivity index (χ4v) is 2.58. The summed E-state index contributed by atoms with van der Waals surface area (Å²) < 4.78 is 1.80. The third-order valence-electron chi connectivity index (χ3n) is 2.92. The van der Waals surface area contributed by atoms with E-state index in [0.29, 0.717) is 21.4 Å². The molecule has 0 saturated heterocycles. The van der Waals surface area contributed by atoms with Gasteiger partial charge in [-0.1, -0.05) is 30.1 Å². The summed E-state index contributed by atoms with van der Waals surface area (Å²) in [5.41, 5.74) is 6.45. The molecule has 2 aromatic rings. The highest BCUT2D eigenvalue weighted by Crippen LogP contribution is 2.32. The molecule has 1 aromatic heterocycles. The zero-order valence-corrected chi connectivity index (χ0v) is 13.1. The second kappa shape index (κ2) is 6.83. The van der Waals surface area contributed by atoms with Crippen molar-refractivity contribution in [1.29, 1.82) is 0 Å². The van der Waals surface area contributed by atoms with Crippen molar-refractivity contribution in [3.05, 3.63) is 40.4 Å². The number of hydrogen-bond acceptors (Lipinski definition) is 3. The monoisotopic (exact) mass is 326 g/mol. The average Bonchev–Trinajstić information content (AvgIpc) is 2.82. The molecule has 112 valence electrons. The molecule has 0 saturated carbocycles. The third-order valence-corrected chi connectivity index (χ3v) is 3.51. The summed E-state index contributed by atoms with van der Waals surface area (Å²) in [6.07, 6.45) is 5.25. The van der Waals surface area contributed by atoms with Crippen LogP contribution in [0.4, 0.5) is 11.4 Å². The van der Waals surface area contributed by atoms with Gasteiger partial charge in [0.15, 0.2) is 0 Å². The lowest BCUT2D eigenvalue weighted by atomic mass is 10.2. The molecule has 0 aliphatic rings. The number of nitrogens with two attached hydrogens (primary N) is 1. The number of carbonyl (C=O) groups excluding carboxylic acids is 1. The quantitative estimate of drug-likeness (QED) is 0.827. The number of anilines is 2. The number of halogens is 2. The molecular weight excluding hydrogens is 311 g/mol. The molecule has 0 fully saturated rings. The first-order valence-electron chi connectivity index (χ1n) is 6.55. The van der Waals surface area contributed by atoms with E-state index in [2.05, 4.69) is 17.2 Å². The predicted molar refractivity (Wildman–Crippen MR) is 85.7 cm³/mol. The van der Waals surface area contributed by atoms with Gasteiger partial charge in [0.05, 0.1) is 15.7 Å². The number of carbonyl (C=O) groups is 1. The summed E-state index contributed by atoms with van der Waals surface area (Å²) in [6, 6.07) is 3.09. The van der Waals surface area contributed by atoms with Crippen molar-refractivity contribution >= 4 is 40.5 Å². The van der Waals surface area contributed by atoms with Crippen LogP contribution in [0.1, 0.15) is 19.2 Å². The van der Waals surface area contributed by atoms with Gasteiger partial charge in [-0.2, -0.15) is 0 Å². The second-order valence-corrected chi connectivity index (χ2v) is 5.44. The van der Waals surface area contributed by atoms with Crippen LogP contribution in [-0.2, 0) is 17.8 Å². The first-order valence-corrected chi connectivity index (χ1v) is 7.31. The maximum atomic E-state index is 12.1. The van der Waals surface area contributed by atoms with E-state index in [1.807, 2.05) is 0 Å². The molecular formula is C14H16Cl2N4O. The number of nitrogens with one attached hydrogen (secondary N) is 1. The van der Waals surface area contributed by atoms with Crippen LogP contribution in [0.5, 0.6) is 0 Å². The fourth-order valence-electron chi connectivity index (χ4n) is 1.98. The topological polar surface area (TPSA) is 72.9 Å². The van der Waals surface area contributed by atoms with E-state index in [1.165, 1.54) is 0 Å². The number of rotatable bonds is 5. The van der Waals surface area contributed by atoms with Crippen molar-refractivity contribution in [3.63, 3.8) is 0 Å². The van der Waals surface area contributed by atoms with Gasteiger partial charge < -0.3 is 15.6 Å². The molecule has 1 heterocycles. The molecule has 5 nitrogen and oxygen atoms in total. The lowest BCUT2D eigenvalue weighted by Gasteiger charge is -2.11. The van der Waals surface area contributed by atoms with Crippen molar-refractivity contribution in [1.82, 2.24) is 9.55 Å². The molecule has 1 amide bonds. The van der Waals surface area contributed by atoms with Gasteiger partial charge in [0.2, 0.25) is 5.91 Å². The minimum atomic E-state index is -0.223. The van der Waals surface area contributed by atoms with Crippen LogP contribution in [0.15, 0.2) is 24.5 Å². The van der Waals surface area contributed by atoms with Gasteiger partial charge in [-0.15, -0.1) is 0 Å². The Morgan fingerprint density at radius 1 is 1.38 bits per heavy atom.